The van der Waals surface area contributed by atoms with Gasteiger partial charge in [0.15, 0.2) is 5.82 Å². The summed E-state index contributed by atoms with van der Waals surface area (Å²) in [6, 6.07) is 10.6. The Hall–Kier alpha value is -3.07. The highest BCUT2D eigenvalue weighted by Gasteiger charge is 2.24. The van der Waals surface area contributed by atoms with Crippen molar-refractivity contribution < 1.29 is 14.3 Å². The second-order valence-electron chi connectivity index (χ2n) is 6.27. The topological polar surface area (TPSA) is 92.2 Å². The Bertz CT molecular complexity index is 978. The number of amides is 2. The molecule has 0 spiro atoms. The number of aromatic amines is 1. The molecule has 0 saturated heterocycles. The smallest absolute Gasteiger partial charge is 0.425 e. The van der Waals surface area contributed by atoms with Crippen molar-refractivity contribution in [3.05, 3.63) is 53.3 Å². The van der Waals surface area contributed by atoms with E-state index >= 15 is 0 Å². The predicted octanol–water partition coefficient (Wildman–Crippen LogP) is 4.26. The van der Waals surface area contributed by atoms with Crippen molar-refractivity contribution in [2.75, 3.05) is 7.11 Å². The van der Waals surface area contributed by atoms with Gasteiger partial charge < -0.3 is 9.72 Å². The minimum absolute atomic E-state index is 0.281. The lowest BCUT2D eigenvalue weighted by Gasteiger charge is -2.26. The number of methoxy groups -OCH3 is 1. The molecule has 2 heterocycles. The molecule has 8 nitrogen and oxygen atoms in total. The quantitative estimate of drug-likeness (QED) is 0.589. The summed E-state index contributed by atoms with van der Waals surface area (Å²) in [4.78, 5) is 32.2. The Labute approximate surface area is 170 Å². The second kappa shape index (κ2) is 8.30. The van der Waals surface area contributed by atoms with Crippen molar-refractivity contribution in [1.82, 2.24) is 25.0 Å². The summed E-state index contributed by atoms with van der Waals surface area (Å²) in [5, 5.41) is 1.20. The predicted molar refractivity (Wildman–Crippen MR) is 108 cm³/mol. The number of H-pyrrole nitrogens is 1. The van der Waals surface area contributed by atoms with Crippen molar-refractivity contribution in [3.8, 4) is 22.8 Å². The molecule has 28 heavy (non-hydrogen) atoms. The van der Waals surface area contributed by atoms with Crippen molar-refractivity contribution in [1.29, 1.82) is 0 Å². The van der Waals surface area contributed by atoms with Crippen molar-refractivity contribution in [2.45, 2.75) is 19.9 Å². The van der Waals surface area contributed by atoms with Crippen LogP contribution in [0, 0.1) is 0 Å². The van der Waals surface area contributed by atoms with E-state index in [0.29, 0.717) is 11.5 Å². The molecule has 0 aliphatic rings. The van der Waals surface area contributed by atoms with E-state index in [1.165, 1.54) is 16.7 Å². The van der Waals surface area contributed by atoms with Gasteiger partial charge in [0.2, 0.25) is 0 Å². The van der Waals surface area contributed by atoms with Crippen LogP contribution in [0.15, 0.2) is 53.3 Å². The van der Waals surface area contributed by atoms with Crippen LogP contribution >= 0.6 is 15.9 Å². The maximum atomic E-state index is 13.0. The maximum Gasteiger partial charge on any atom is 0.425 e. The van der Waals surface area contributed by atoms with Crippen LogP contribution < -0.4 is 5.43 Å². The highest BCUT2D eigenvalue weighted by atomic mass is 79.9. The summed E-state index contributed by atoms with van der Waals surface area (Å²) in [7, 11) is 1.24. The summed E-state index contributed by atoms with van der Waals surface area (Å²) in [5.74, 6) is 0.540. The van der Waals surface area contributed by atoms with E-state index in [1.54, 1.807) is 38.4 Å². The van der Waals surface area contributed by atoms with Gasteiger partial charge in [-0.15, -0.1) is 0 Å². The standard InChI is InChI=1S/C19H20BrN5O3/c1-12(2)25(23-18(26)28-3)19(27)24-10-4-5-16(24)17-21-11-15(22-17)13-6-8-14(20)9-7-13/h4-12H,1-3H3,(H,21,22)(H,23,26). The van der Waals surface area contributed by atoms with Crippen LogP contribution in [-0.2, 0) is 4.74 Å². The first kappa shape index (κ1) is 19.7. The molecule has 0 saturated carbocycles. The third-order valence-electron chi connectivity index (χ3n) is 4.05. The SMILES string of the molecule is COC(=O)NN(C(=O)n1cccc1-c1ncc(-c2ccc(Br)cc2)[nH]1)C(C)C. The Morgan fingerprint density at radius 1 is 1.25 bits per heavy atom. The number of imidazole rings is 1. The Morgan fingerprint density at radius 2 is 1.96 bits per heavy atom. The lowest BCUT2D eigenvalue weighted by atomic mass is 10.2. The van der Waals surface area contributed by atoms with Crippen LogP contribution in [0.4, 0.5) is 9.59 Å². The molecule has 3 rings (SSSR count). The Morgan fingerprint density at radius 3 is 2.61 bits per heavy atom. The number of aromatic nitrogens is 3. The van der Waals surface area contributed by atoms with Crippen LogP contribution in [-0.4, -0.2) is 44.8 Å². The van der Waals surface area contributed by atoms with E-state index < -0.39 is 12.1 Å². The molecule has 0 bridgehead atoms. The van der Waals surface area contributed by atoms with Crippen molar-refractivity contribution >= 4 is 28.1 Å². The van der Waals surface area contributed by atoms with E-state index in [4.69, 9.17) is 0 Å². The number of carbonyl (C=O) groups excluding carboxylic acids is 2. The summed E-state index contributed by atoms with van der Waals surface area (Å²) in [5.41, 5.74) is 4.81. The fourth-order valence-corrected chi connectivity index (χ4v) is 2.89. The number of nitrogens with one attached hydrogen (secondary N) is 2. The Balaban J connectivity index is 1.90. The molecule has 0 unspecified atom stereocenters. The number of carbonyl (C=O) groups is 2. The van der Waals surface area contributed by atoms with Crippen LogP contribution in [0.3, 0.4) is 0 Å². The summed E-state index contributed by atoms with van der Waals surface area (Å²) in [6.45, 7) is 3.57. The van der Waals surface area contributed by atoms with Gasteiger partial charge in [0, 0.05) is 16.7 Å². The summed E-state index contributed by atoms with van der Waals surface area (Å²) >= 11 is 3.42. The van der Waals surface area contributed by atoms with Crippen LogP contribution in [0.25, 0.3) is 22.8 Å². The molecule has 3 aromatic rings. The zero-order valence-corrected chi connectivity index (χ0v) is 17.2. The van der Waals surface area contributed by atoms with E-state index in [-0.39, 0.29) is 6.04 Å². The third-order valence-corrected chi connectivity index (χ3v) is 4.58. The van der Waals surface area contributed by atoms with Gasteiger partial charge in [0.1, 0.15) is 0 Å². The summed E-state index contributed by atoms with van der Waals surface area (Å²) < 4.78 is 7.00. The number of ether oxygens (including phenoxy) is 1. The molecule has 9 heteroatoms. The highest BCUT2D eigenvalue weighted by molar-refractivity contribution is 9.10. The number of rotatable bonds is 3. The monoisotopic (exact) mass is 445 g/mol. The van der Waals surface area contributed by atoms with E-state index in [1.807, 2.05) is 24.3 Å². The van der Waals surface area contributed by atoms with Gasteiger partial charge in [0.05, 0.1) is 24.7 Å². The van der Waals surface area contributed by atoms with Gasteiger partial charge in [-0.2, -0.15) is 0 Å². The zero-order valence-electron chi connectivity index (χ0n) is 15.6. The molecular formula is C19H20BrN5O3. The molecule has 2 aromatic heterocycles. The van der Waals surface area contributed by atoms with Crippen molar-refractivity contribution in [2.24, 2.45) is 0 Å². The number of benzene rings is 1. The molecular weight excluding hydrogens is 426 g/mol. The minimum atomic E-state index is -0.716. The van der Waals surface area contributed by atoms with Crippen LogP contribution in [0.2, 0.25) is 0 Å². The number of hydrogen-bond acceptors (Lipinski definition) is 4. The first-order valence-corrected chi connectivity index (χ1v) is 9.37. The number of hydrogen-bond donors (Lipinski definition) is 2. The molecule has 2 amide bonds. The molecule has 0 atom stereocenters. The molecule has 0 fully saturated rings. The average molecular weight is 446 g/mol. The van der Waals surface area contributed by atoms with Gasteiger partial charge in [-0.1, -0.05) is 28.1 Å². The van der Waals surface area contributed by atoms with Gasteiger partial charge in [0.25, 0.3) is 0 Å². The molecule has 2 N–H and O–H groups in total. The fourth-order valence-electron chi connectivity index (χ4n) is 2.63. The molecule has 0 aliphatic heterocycles. The first-order chi connectivity index (χ1) is 13.4. The fraction of sp³-hybridized carbons (Fsp3) is 0.211. The number of hydrazine groups is 1. The molecule has 1 aromatic carbocycles. The van der Waals surface area contributed by atoms with E-state index in [0.717, 1.165) is 15.7 Å². The van der Waals surface area contributed by atoms with Crippen LogP contribution in [0.5, 0.6) is 0 Å². The van der Waals surface area contributed by atoms with Gasteiger partial charge in [-0.3, -0.25) is 4.57 Å². The van der Waals surface area contributed by atoms with Crippen molar-refractivity contribution in [3.63, 3.8) is 0 Å². The lowest BCUT2D eigenvalue weighted by Crippen LogP contribution is -2.51. The molecule has 0 aliphatic carbocycles. The van der Waals surface area contributed by atoms with Gasteiger partial charge >= 0.3 is 12.1 Å². The van der Waals surface area contributed by atoms with E-state index in [2.05, 4.69) is 36.1 Å². The zero-order chi connectivity index (χ0) is 20.3. The third kappa shape index (κ3) is 4.09. The van der Waals surface area contributed by atoms with Gasteiger partial charge in [-0.25, -0.2) is 25.0 Å². The summed E-state index contributed by atoms with van der Waals surface area (Å²) in [6.07, 6.45) is 2.62. The normalized spacial score (nSPS) is 10.8. The second-order valence-corrected chi connectivity index (χ2v) is 7.18. The lowest BCUT2D eigenvalue weighted by molar-refractivity contribution is 0.116. The maximum absolute atomic E-state index is 13.0. The molecule has 146 valence electrons. The van der Waals surface area contributed by atoms with Gasteiger partial charge in [-0.05, 0) is 43.7 Å². The number of nitrogens with zero attached hydrogens (tertiary/aromatic N) is 3. The highest BCUT2D eigenvalue weighted by Crippen LogP contribution is 2.24. The molecule has 0 radical (unpaired) electrons. The largest absolute Gasteiger partial charge is 0.452 e. The average Bonchev–Trinajstić information content (AvgIpc) is 3.34. The first-order valence-electron chi connectivity index (χ1n) is 8.57. The minimum Gasteiger partial charge on any atom is -0.452 e. The van der Waals surface area contributed by atoms with E-state index in [9.17, 15) is 9.59 Å². The number of halogens is 1. The van der Waals surface area contributed by atoms with Crippen LogP contribution in [0.1, 0.15) is 13.8 Å². The Kier molecular flexibility index (Phi) is 5.84.